The minimum Gasteiger partial charge on any atom is -0.464 e. The maximum absolute atomic E-state index is 12.3. The number of esters is 1. The van der Waals surface area contributed by atoms with Crippen LogP contribution >= 0.6 is 0 Å². The molecule has 25 heavy (non-hydrogen) atoms. The molecule has 7 nitrogen and oxygen atoms in total. The molecule has 0 saturated heterocycles. The second-order valence-corrected chi connectivity index (χ2v) is 5.42. The predicted octanol–water partition coefficient (Wildman–Crippen LogP) is 2.74. The van der Waals surface area contributed by atoms with Gasteiger partial charge in [-0.2, -0.15) is 0 Å². The molecule has 0 fully saturated rings. The molecule has 2 aromatic carbocycles. The van der Waals surface area contributed by atoms with E-state index in [-0.39, 0.29) is 23.4 Å². The highest BCUT2D eigenvalue weighted by Gasteiger charge is 2.16. The molecular formula is C18H14N2O5. The Bertz CT molecular complexity index is 1040. The van der Waals surface area contributed by atoms with Gasteiger partial charge in [-0.1, -0.05) is 24.3 Å². The highest BCUT2D eigenvalue weighted by Crippen LogP contribution is 2.19. The average Bonchev–Trinajstić information content (AvgIpc) is 2.63. The number of benzene rings is 2. The number of rotatable bonds is 4. The zero-order chi connectivity index (χ0) is 18.0. The molecular weight excluding hydrogens is 324 g/mol. The first-order valence-corrected chi connectivity index (χ1v) is 7.45. The van der Waals surface area contributed by atoms with Crippen LogP contribution in [0.4, 0.5) is 5.69 Å². The van der Waals surface area contributed by atoms with E-state index >= 15 is 0 Å². The maximum Gasteiger partial charge on any atom is 0.354 e. The third-order valence-electron chi connectivity index (χ3n) is 3.88. The summed E-state index contributed by atoms with van der Waals surface area (Å²) < 4.78 is 6.40. The number of nitrogens with zero attached hydrogens (tertiary/aromatic N) is 2. The molecule has 0 aliphatic rings. The number of hydrogen-bond donors (Lipinski definition) is 0. The first-order valence-electron chi connectivity index (χ1n) is 7.45. The van der Waals surface area contributed by atoms with Gasteiger partial charge in [-0.25, -0.2) is 4.79 Å². The average molecular weight is 338 g/mol. The molecule has 0 bridgehead atoms. The number of aromatic nitrogens is 1. The Morgan fingerprint density at radius 1 is 1.16 bits per heavy atom. The topological polar surface area (TPSA) is 91.4 Å². The SMILES string of the molecule is COC(=O)c1cc(=O)c2ccccc2n1Cc1cccc([N+](=O)[O-])c1. The number of para-hydroxylation sites is 1. The van der Waals surface area contributed by atoms with Gasteiger partial charge in [0.05, 0.1) is 17.5 Å². The largest absolute Gasteiger partial charge is 0.464 e. The van der Waals surface area contributed by atoms with Crippen molar-refractivity contribution in [2.75, 3.05) is 7.11 Å². The fourth-order valence-electron chi connectivity index (χ4n) is 2.72. The molecule has 7 heteroatoms. The van der Waals surface area contributed by atoms with Gasteiger partial charge in [-0.15, -0.1) is 0 Å². The molecule has 1 heterocycles. The quantitative estimate of drug-likeness (QED) is 0.414. The van der Waals surface area contributed by atoms with Gasteiger partial charge in [-0.05, 0) is 17.7 Å². The van der Waals surface area contributed by atoms with Crippen molar-refractivity contribution in [3.05, 3.63) is 86.2 Å². The summed E-state index contributed by atoms with van der Waals surface area (Å²) in [5.74, 6) is -0.645. The van der Waals surface area contributed by atoms with Gasteiger partial charge < -0.3 is 9.30 Å². The number of non-ortho nitro benzene ring substituents is 1. The second kappa shape index (κ2) is 6.56. The molecule has 3 aromatic rings. The lowest BCUT2D eigenvalue weighted by molar-refractivity contribution is -0.384. The number of methoxy groups -OCH3 is 1. The molecule has 0 amide bonds. The standard InChI is InChI=1S/C18H14N2O5/c1-25-18(22)16-10-17(21)14-7-2-3-8-15(14)19(16)11-12-5-4-6-13(9-12)20(23)24/h2-10H,11H2,1H3. The van der Waals surface area contributed by atoms with Crippen LogP contribution in [0.15, 0.2) is 59.4 Å². The van der Waals surface area contributed by atoms with Crippen molar-refractivity contribution in [3.8, 4) is 0 Å². The van der Waals surface area contributed by atoms with Crippen molar-refractivity contribution in [1.82, 2.24) is 4.57 Å². The minimum absolute atomic E-state index is 0.0394. The smallest absolute Gasteiger partial charge is 0.354 e. The van der Waals surface area contributed by atoms with Crippen LogP contribution in [0, 0.1) is 10.1 Å². The van der Waals surface area contributed by atoms with Crippen molar-refractivity contribution >= 4 is 22.6 Å². The Labute approximate surface area is 142 Å². The van der Waals surface area contributed by atoms with Gasteiger partial charge in [-0.3, -0.25) is 14.9 Å². The second-order valence-electron chi connectivity index (χ2n) is 5.42. The molecule has 3 rings (SSSR count). The summed E-state index contributed by atoms with van der Waals surface area (Å²) >= 11 is 0. The molecule has 0 aliphatic carbocycles. The molecule has 0 aliphatic heterocycles. The maximum atomic E-state index is 12.3. The monoisotopic (exact) mass is 338 g/mol. The number of hydrogen-bond acceptors (Lipinski definition) is 5. The Kier molecular flexibility index (Phi) is 4.30. The Morgan fingerprint density at radius 2 is 1.92 bits per heavy atom. The predicted molar refractivity (Wildman–Crippen MR) is 91.7 cm³/mol. The van der Waals surface area contributed by atoms with Crippen LogP contribution in [0.5, 0.6) is 0 Å². The number of fused-ring (bicyclic) bond motifs is 1. The van der Waals surface area contributed by atoms with Gasteiger partial charge >= 0.3 is 5.97 Å². The summed E-state index contributed by atoms with van der Waals surface area (Å²) in [6.07, 6.45) is 0. The summed E-state index contributed by atoms with van der Waals surface area (Å²) in [5.41, 5.74) is 0.960. The lowest BCUT2D eigenvalue weighted by atomic mass is 10.1. The van der Waals surface area contributed by atoms with E-state index in [1.807, 2.05) is 0 Å². The van der Waals surface area contributed by atoms with E-state index in [9.17, 15) is 19.7 Å². The number of nitro groups is 1. The van der Waals surface area contributed by atoms with Crippen molar-refractivity contribution in [3.63, 3.8) is 0 Å². The van der Waals surface area contributed by atoms with Crippen LogP contribution < -0.4 is 5.43 Å². The summed E-state index contributed by atoms with van der Waals surface area (Å²) in [5, 5.41) is 11.4. The molecule has 0 N–H and O–H groups in total. The first kappa shape index (κ1) is 16.4. The molecule has 0 atom stereocenters. The highest BCUT2D eigenvalue weighted by molar-refractivity contribution is 5.91. The lowest BCUT2D eigenvalue weighted by Crippen LogP contribution is -2.19. The van der Waals surface area contributed by atoms with E-state index in [1.54, 1.807) is 41.0 Å². The van der Waals surface area contributed by atoms with E-state index in [0.29, 0.717) is 16.5 Å². The van der Waals surface area contributed by atoms with Crippen molar-refractivity contribution in [2.24, 2.45) is 0 Å². The zero-order valence-electron chi connectivity index (χ0n) is 13.3. The van der Waals surface area contributed by atoms with Crippen LogP contribution in [0.25, 0.3) is 10.9 Å². The first-order chi connectivity index (χ1) is 12.0. The summed E-state index contributed by atoms with van der Waals surface area (Å²) in [6, 6.07) is 14.2. The summed E-state index contributed by atoms with van der Waals surface area (Å²) in [4.78, 5) is 34.9. The summed E-state index contributed by atoms with van der Waals surface area (Å²) in [6.45, 7) is 0.187. The molecule has 0 unspecified atom stereocenters. The Hall–Kier alpha value is -3.48. The Morgan fingerprint density at radius 3 is 2.64 bits per heavy atom. The number of carbonyl (C=O) groups excluding carboxylic acids is 1. The van der Waals surface area contributed by atoms with E-state index in [2.05, 4.69) is 0 Å². The van der Waals surface area contributed by atoms with Crippen molar-refractivity contribution in [1.29, 1.82) is 0 Å². The van der Waals surface area contributed by atoms with Crippen molar-refractivity contribution < 1.29 is 14.5 Å². The van der Waals surface area contributed by atoms with Gasteiger partial charge in [0.15, 0.2) is 5.43 Å². The van der Waals surface area contributed by atoms with E-state index in [1.165, 1.54) is 25.3 Å². The summed E-state index contributed by atoms with van der Waals surface area (Å²) in [7, 11) is 1.24. The molecule has 1 aromatic heterocycles. The van der Waals surface area contributed by atoms with Crippen LogP contribution in [0.2, 0.25) is 0 Å². The molecule has 0 radical (unpaired) electrons. The van der Waals surface area contributed by atoms with Crippen LogP contribution in [-0.4, -0.2) is 22.6 Å². The van der Waals surface area contributed by atoms with Gasteiger partial charge in [0.1, 0.15) is 5.69 Å². The van der Waals surface area contributed by atoms with E-state index < -0.39 is 10.9 Å². The van der Waals surface area contributed by atoms with Crippen LogP contribution in [0.1, 0.15) is 16.1 Å². The Balaban J connectivity index is 2.21. The number of ether oxygens (including phenoxy) is 1. The number of pyridine rings is 1. The minimum atomic E-state index is -0.645. The fourth-order valence-corrected chi connectivity index (χ4v) is 2.72. The third-order valence-corrected chi connectivity index (χ3v) is 3.88. The zero-order valence-corrected chi connectivity index (χ0v) is 13.3. The van der Waals surface area contributed by atoms with Crippen molar-refractivity contribution in [2.45, 2.75) is 6.54 Å². The highest BCUT2D eigenvalue weighted by atomic mass is 16.6. The number of nitro benzene ring substituents is 1. The van der Waals surface area contributed by atoms with Gasteiger partial charge in [0.2, 0.25) is 0 Å². The molecule has 0 saturated carbocycles. The third kappa shape index (κ3) is 3.12. The van der Waals surface area contributed by atoms with Crippen LogP contribution in [-0.2, 0) is 11.3 Å². The van der Waals surface area contributed by atoms with Gasteiger partial charge in [0.25, 0.3) is 5.69 Å². The lowest BCUT2D eigenvalue weighted by Gasteiger charge is -2.15. The van der Waals surface area contributed by atoms with Crippen LogP contribution in [0.3, 0.4) is 0 Å². The normalized spacial score (nSPS) is 10.6. The number of carbonyl (C=O) groups is 1. The molecule has 126 valence electrons. The fraction of sp³-hybridized carbons (Fsp3) is 0.111. The van der Waals surface area contributed by atoms with E-state index in [0.717, 1.165) is 0 Å². The molecule has 0 spiro atoms. The van der Waals surface area contributed by atoms with E-state index in [4.69, 9.17) is 4.74 Å². The van der Waals surface area contributed by atoms with Gasteiger partial charge in [0, 0.05) is 30.1 Å².